The summed E-state index contributed by atoms with van der Waals surface area (Å²) in [4.78, 5) is 12.3. The molecular formula is C15H12ClNO4. The van der Waals surface area contributed by atoms with Crippen molar-refractivity contribution < 1.29 is 19.0 Å². The highest BCUT2D eigenvalue weighted by atomic mass is 35.5. The molecule has 2 aromatic rings. The van der Waals surface area contributed by atoms with Crippen molar-refractivity contribution >= 4 is 23.2 Å². The zero-order valence-corrected chi connectivity index (χ0v) is 11.9. The molecule has 2 aromatic carbocycles. The first-order valence-corrected chi connectivity index (χ1v) is 6.60. The molecule has 0 aromatic heterocycles. The van der Waals surface area contributed by atoms with E-state index in [0.717, 1.165) is 0 Å². The van der Waals surface area contributed by atoms with E-state index in [1.54, 1.807) is 31.4 Å². The summed E-state index contributed by atoms with van der Waals surface area (Å²) in [6.45, 7) is 0.104. The third-order valence-corrected chi connectivity index (χ3v) is 3.33. The fraction of sp³-hybridized carbons (Fsp3) is 0.133. The van der Waals surface area contributed by atoms with Crippen molar-refractivity contribution in [2.45, 2.75) is 0 Å². The Morgan fingerprint density at radius 2 is 2.10 bits per heavy atom. The number of methoxy groups -OCH3 is 1. The summed E-state index contributed by atoms with van der Waals surface area (Å²) in [5.41, 5.74) is 0.967. The highest BCUT2D eigenvalue weighted by Gasteiger charge is 2.21. The van der Waals surface area contributed by atoms with E-state index in [4.69, 9.17) is 25.8 Å². The minimum absolute atomic E-state index is 0.104. The first-order chi connectivity index (χ1) is 10.2. The molecule has 21 heavy (non-hydrogen) atoms. The molecular weight excluding hydrogens is 294 g/mol. The zero-order valence-electron chi connectivity index (χ0n) is 11.2. The molecule has 5 nitrogen and oxygen atoms in total. The number of amides is 1. The maximum absolute atomic E-state index is 12.3. The first kappa shape index (κ1) is 13.6. The summed E-state index contributed by atoms with van der Waals surface area (Å²) in [6, 6.07) is 10.3. The smallest absolute Gasteiger partial charge is 0.255 e. The molecule has 1 heterocycles. The van der Waals surface area contributed by atoms with Crippen LogP contribution < -0.4 is 19.5 Å². The zero-order chi connectivity index (χ0) is 14.8. The van der Waals surface area contributed by atoms with Gasteiger partial charge in [0, 0.05) is 5.56 Å². The molecule has 0 aliphatic carbocycles. The van der Waals surface area contributed by atoms with Gasteiger partial charge in [-0.2, -0.15) is 0 Å². The molecule has 3 rings (SSSR count). The minimum Gasteiger partial charge on any atom is -0.495 e. The lowest BCUT2D eigenvalue weighted by atomic mass is 10.1. The van der Waals surface area contributed by atoms with Gasteiger partial charge in [0.15, 0.2) is 11.5 Å². The van der Waals surface area contributed by atoms with Gasteiger partial charge in [0.2, 0.25) is 6.79 Å². The Bertz CT molecular complexity index is 702. The van der Waals surface area contributed by atoms with Gasteiger partial charge in [0.25, 0.3) is 5.91 Å². The summed E-state index contributed by atoms with van der Waals surface area (Å²) in [7, 11) is 1.54. The summed E-state index contributed by atoms with van der Waals surface area (Å²) in [6.07, 6.45) is 0. The number of anilines is 1. The Morgan fingerprint density at radius 3 is 2.90 bits per heavy atom. The molecule has 1 aliphatic rings. The van der Waals surface area contributed by atoms with Crippen LogP contribution in [0.25, 0.3) is 0 Å². The number of ether oxygens (including phenoxy) is 3. The highest BCUT2D eigenvalue weighted by molar-refractivity contribution is 6.32. The minimum atomic E-state index is -0.306. The van der Waals surface area contributed by atoms with Crippen molar-refractivity contribution in [3.8, 4) is 17.2 Å². The first-order valence-electron chi connectivity index (χ1n) is 6.22. The Hall–Kier alpha value is -2.40. The average molecular weight is 306 g/mol. The second-order valence-electron chi connectivity index (χ2n) is 4.35. The number of rotatable bonds is 3. The van der Waals surface area contributed by atoms with Crippen LogP contribution >= 0.6 is 11.6 Å². The van der Waals surface area contributed by atoms with Gasteiger partial charge in [-0.3, -0.25) is 4.79 Å². The Labute approximate surface area is 126 Å². The van der Waals surface area contributed by atoms with Crippen molar-refractivity contribution in [2.24, 2.45) is 0 Å². The Morgan fingerprint density at radius 1 is 1.29 bits per heavy atom. The Kier molecular flexibility index (Phi) is 3.58. The number of hydrogen-bond acceptors (Lipinski definition) is 4. The molecule has 0 unspecified atom stereocenters. The molecule has 0 fully saturated rings. The van der Waals surface area contributed by atoms with Gasteiger partial charge in [-0.1, -0.05) is 23.7 Å². The molecule has 0 atom stereocenters. The number of nitrogens with one attached hydrogen (secondary N) is 1. The van der Waals surface area contributed by atoms with Gasteiger partial charge < -0.3 is 19.5 Å². The molecule has 1 aliphatic heterocycles. The second kappa shape index (κ2) is 5.54. The van der Waals surface area contributed by atoms with E-state index < -0.39 is 0 Å². The summed E-state index contributed by atoms with van der Waals surface area (Å²) >= 11 is 6.07. The van der Waals surface area contributed by atoms with Crippen LogP contribution in [0.15, 0.2) is 36.4 Å². The van der Waals surface area contributed by atoms with Gasteiger partial charge in [-0.15, -0.1) is 0 Å². The van der Waals surface area contributed by atoms with Crippen LogP contribution in [-0.4, -0.2) is 19.8 Å². The van der Waals surface area contributed by atoms with E-state index in [1.807, 2.05) is 12.1 Å². The Balaban J connectivity index is 1.88. The molecule has 0 radical (unpaired) electrons. The monoisotopic (exact) mass is 305 g/mol. The summed E-state index contributed by atoms with van der Waals surface area (Å²) < 4.78 is 15.7. The van der Waals surface area contributed by atoms with Crippen LogP contribution in [0.1, 0.15) is 10.4 Å². The van der Waals surface area contributed by atoms with Crippen LogP contribution in [0.3, 0.4) is 0 Å². The predicted molar refractivity (Wildman–Crippen MR) is 78.5 cm³/mol. The van der Waals surface area contributed by atoms with E-state index in [-0.39, 0.29) is 12.7 Å². The van der Waals surface area contributed by atoms with Crippen molar-refractivity contribution in [1.29, 1.82) is 0 Å². The number of hydrogen-bond donors (Lipinski definition) is 1. The van der Waals surface area contributed by atoms with Crippen molar-refractivity contribution in [2.75, 3.05) is 19.2 Å². The molecule has 1 amide bonds. The lowest BCUT2D eigenvalue weighted by Crippen LogP contribution is -2.12. The number of carbonyl (C=O) groups excluding carboxylic acids is 1. The predicted octanol–water partition coefficient (Wildman–Crippen LogP) is 3.33. The molecule has 0 saturated carbocycles. The molecule has 6 heteroatoms. The molecule has 108 valence electrons. The van der Waals surface area contributed by atoms with Crippen LogP contribution in [-0.2, 0) is 0 Å². The number of para-hydroxylation sites is 2. The van der Waals surface area contributed by atoms with Crippen molar-refractivity contribution in [3.63, 3.8) is 0 Å². The fourth-order valence-corrected chi connectivity index (χ4v) is 2.31. The van der Waals surface area contributed by atoms with Gasteiger partial charge in [0.1, 0.15) is 5.75 Å². The number of carbonyl (C=O) groups is 1. The quantitative estimate of drug-likeness (QED) is 0.945. The summed E-state index contributed by atoms with van der Waals surface area (Å²) in [5, 5.41) is 3.12. The summed E-state index contributed by atoms with van der Waals surface area (Å²) in [5.74, 6) is 1.20. The van der Waals surface area contributed by atoms with Crippen LogP contribution in [0.2, 0.25) is 5.02 Å². The largest absolute Gasteiger partial charge is 0.495 e. The van der Waals surface area contributed by atoms with Crippen molar-refractivity contribution in [1.82, 2.24) is 0 Å². The van der Waals surface area contributed by atoms with Crippen molar-refractivity contribution in [3.05, 3.63) is 47.0 Å². The topological polar surface area (TPSA) is 56.8 Å². The number of benzene rings is 2. The van der Waals surface area contributed by atoms with Crippen LogP contribution in [0, 0.1) is 0 Å². The molecule has 0 spiro atoms. The normalized spacial score (nSPS) is 12.1. The maximum atomic E-state index is 12.3. The number of fused-ring (bicyclic) bond motifs is 1. The molecule has 0 bridgehead atoms. The van der Waals surface area contributed by atoms with Gasteiger partial charge in [-0.25, -0.2) is 0 Å². The van der Waals surface area contributed by atoms with Gasteiger partial charge in [0.05, 0.1) is 17.8 Å². The van der Waals surface area contributed by atoms with E-state index in [0.29, 0.717) is 33.5 Å². The third-order valence-electron chi connectivity index (χ3n) is 3.04. The molecule has 1 N–H and O–H groups in total. The lowest BCUT2D eigenvalue weighted by Gasteiger charge is -2.10. The SMILES string of the molecule is COc1ccccc1NC(=O)c1cc(Cl)c2c(c1)OCO2. The molecule has 0 saturated heterocycles. The van der Waals surface area contributed by atoms with Crippen LogP contribution in [0.4, 0.5) is 5.69 Å². The lowest BCUT2D eigenvalue weighted by molar-refractivity contribution is 0.102. The average Bonchev–Trinajstić information content (AvgIpc) is 2.96. The standard InChI is InChI=1S/C15H12ClNO4/c1-19-12-5-3-2-4-11(12)17-15(18)9-6-10(16)14-13(7-9)20-8-21-14/h2-7H,8H2,1H3,(H,17,18). The number of halogens is 1. The van der Waals surface area contributed by atoms with E-state index in [2.05, 4.69) is 5.32 Å². The van der Waals surface area contributed by atoms with Gasteiger partial charge >= 0.3 is 0 Å². The van der Waals surface area contributed by atoms with Crippen LogP contribution in [0.5, 0.6) is 17.2 Å². The third kappa shape index (κ3) is 2.60. The van der Waals surface area contributed by atoms with E-state index in [1.165, 1.54) is 0 Å². The highest BCUT2D eigenvalue weighted by Crippen LogP contribution is 2.40. The second-order valence-corrected chi connectivity index (χ2v) is 4.75. The van der Waals surface area contributed by atoms with E-state index in [9.17, 15) is 4.79 Å². The fourth-order valence-electron chi connectivity index (χ4n) is 2.04. The van der Waals surface area contributed by atoms with E-state index >= 15 is 0 Å². The maximum Gasteiger partial charge on any atom is 0.255 e. The van der Waals surface area contributed by atoms with Gasteiger partial charge in [-0.05, 0) is 24.3 Å².